The van der Waals surface area contributed by atoms with E-state index in [9.17, 15) is 0 Å². The van der Waals surface area contributed by atoms with Crippen LogP contribution >= 0.6 is 11.6 Å². The molecule has 0 aromatic heterocycles. The van der Waals surface area contributed by atoms with Crippen LogP contribution in [-0.2, 0) is 11.2 Å². The zero-order valence-electron chi connectivity index (χ0n) is 11.2. The smallest absolute Gasteiger partial charge is 0.0576 e. The molecular weight excluding hydrogens is 244 g/mol. The summed E-state index contributed by atoms with van der Waals surface area (Å²) in [6, 6.07) is 8.76. The average molecular weight is 267 g/mol. The Morgan fingerprint density at radius 3 is 3.00 bits per heavy atom. The predicted molar refractivity (Wildman–Crippen MR) is 77.3 cm³/mol. The van der Waals surface area contributed by atoms with Gasteiger partial charge in [0.2, 0.25) is 0 Å². The molecule has 1 aliphatic rings. The van der Waals surface area contributed by atoms with E-state index in [0.29, 0.717) is 12.0 Å². The Kier molecular flexibility index (Phi) is 5.52. The molecule has 0 amide bonds. The van der Waals surface area contributed by atoms with Crippen molar-refractivity contribution in [3.05, 3.63) is 35.4 Å². The summed E-state index contributed by atoms with van der Waals surface area (Å²) in [6.07, 6.45) is 6.41. The molecule has 0 saturated carbocycles. The molecule has 2 atom stereocenters. The second-order valence-electron chi connectivity index (χ2n) is 5.43. The molecule has 1 aromatic carbocycles. The molecular formula is C16H23ClO. The second kappa shape index (κ2) is 7.16. The van der Waals surface area contributed by atoms with Gasteiger partial charge >= 0.3 is 0 Å². The molecule has 1 heterocycles. The van der Waals surface area contributed by atoms with Crippen LogP contribution in [0.4, 0.5) is 0 Å². The maximum atomic E-state index is 6.10. The number of ether oxygens (including phenoxy) is 1. The molecule has 0 aliphatic carbocycles. The molecule has 18 heavy (non-hydrogen) atoms. The summed E-state index contributed by atoms with van der Waals surface area (Å²) in [5, 5.41) is 0. The first-order chi connectivity index (χ1) is 8.78. The molecule has 0 bridgehead atoms. The van der Waals surface area contributed by atoms with E-state index in [-0.39, 0.29) is 0 Å². The number of halogens is 1. The number of hydrogen-bond donors (Lipinski definition) is 0. The van der Waals surface area contributed by atoms with Crippen molar-refractivity contribution in [3.63, 3.8) is 0 Å². The number of benzene rings is 1. The van der Waals surface area contributed by atoms with Gasteiger partial charge < -0.3 is 4.74 Å². The Labute approximate surface area is 115 Å². The highest BCUT2D eigenvalue weighted by Crippen LogP contribution is 2.22. The lowest BCUT2D eigenvalue weighted by Gasteiger charge is -2.16. The van der Waals surface area contributed by atoms with Crippen molar-refractivity contribution in [2.24, 2.45) is 5.92 Å². The molecule has 0 N–H and O–H groups in total. The maximum Gasteiger partial charge on any atom is 0.0576 e. The molecule has 2 rings (SSSR count). The van der Waals surface area contributed by atoms with E-state index in [2.05, 4.69) is 31.2 Å². The molecule has 100 valence electrons. The Morgan fingerprint density at radius 1 is 1.44 bits per heavy atom. The van der Waals surface area contributed by atoms with E-state index in [0.717, 1.165) is 18.9 Å². The van der Waals surface area contributed by atoms with Gasteiger partial charge in [0.15, 0.2) is 0 Å². The minimum absolute atomic E-state index is 0.494. The van der Waals surface area contributed by atoms with Crippen LogP contribution in [0.15, 0.2) is 24.3 Å². The number of alkyl halides is 1. The SMILES string of the molecule is Cc1cccc(CC(CCl)CCC2CCCO2)c1. The summed E-state index contributed by atoms with van der Waals surface area (Å²) in [7, 11) is 0. The lowest BCUT2D eigenvalue weighted by molar-refractivity contribution is 0.0988. The number of aryl methyl sites for hydroxylation is 1. The van der Waals surface area contributed by atoms with Gasteiger partial charge in [-0.15, -0.1) is 11.6 Å². The van der Waals surface area contributed by atoms with Crippen molar-refractivity contribution in [1.29, 1.82) is 0 Å². The molecule has 1 fully saturated rings. The van der Waals surface area contributed by atoms with Crippen LogP contribution in [-0.4, -0.2) is 18.6 Å². The third-order valence-electron chi connectivity index (χ3n) is 3.75. The highest BCUT2D eigenvalue weighted by Gasteiger charge is 2.17. The summed E-state index contributed by atoms with van der Waals surface area (Å²) in [5.41, 5.74) is 2.74. The molecule has 2 heteroatoms. The number of hydrogen-bond acceptors (Lipinski definition) is 1. The van der Waals surface area contributed by atoms with Crippen LogP contribution in [0.5, 0.6) is 0 Å². The van der Waals surface area contributed by atoms with Gasteiger partial charge in [0.25, 0.3) is 0 Å². The molecule has 1 nitrogen and oxygen atoms in total. The minimum Gasteiger partial charge on any atom is -0.378 e. The first-order valence-corrected chi connectivity index (χ1v) is 7.54. The van der Waals surface area contributed by atoms with Crippen LogP contribution in [0.25, 0.3) is 0 Å². The predicted octanol–water partition coefficient (Wildman–Crippen LogP) is 4.35. The zero-order valence-corrected chi connectivity index (χ0v) is 12.0. The third-order valence-corrected chi connectivity index (χ3v) is 4.18. The lowest BCUT2D eigenvalue weighted by Crippen LogP contribution is -2.12. The van der Waals surface area contributed by atoms with Gasteiger partial charge in [-0.3, -0.25) is 0 Å². The Morgan fingerprint density at radius 2 is 2.33 bits per heavy atom. The largest absolute Gasteiger partial charge is 0.378 e. The quantitative estimate of drug-likeness (QED) is 0.696. The van der Waals surface area contributed by atoms with Crippen molar-refractivity contribution >= 4 is 11.6 Å². The Bertz CT molecular complexity index is 358. The van der Waals surface area contributed by atoms with Crippen molar-refractivity contribution in [1.82, 2.24) is 0 Å². The second-order valence-corrected chi connectivity index (χ2v) is 5.73. The van der Waals surface area contributed by atoms with Gasteiger partial charge in [-0.2, -0.15) is 0 Å². The van der Waals surface area contributed by atoms with Crippen molar-refractivity contribution in [2.75, 3.05) is 12.5 Å². The monoisotopic (exact) mass is 266 g/mol. The fourth-order valence-corrected chi connectivity index (χ4v) is 2.96. The Balaban J connectivity index is 1.81. The van der Waals surface area contributed by atoms with Gasteiger partial charge in [-0.1, -0.05) is 29.8 Å². The van der Waals surface area contributed by atoms with Crippen LogP contribution < -0.4 is 0 Å². The fourth-order valence-electron chi connectivity index (χ4n) is 2.70. The normalized spacial score (nSPS) is 21.1. The molecule has 2 unspecified atom stereocenters. The topological polar surface area (TPSA) is 9.23 Å². The molecule has 1 aromatic rings. The summed E-state index contributed by atoms with van der Waals surface area (Å²) in [6.45, 7) is 3.10. The summed E-state index contributed by atoms with van der Waals surface area (Å²) >= 11 is 6.10. The van der Waals surface area contributed by atoms with E-state index >= 15 is 0 Å². The van der Waals surface area contributed by atoms with E-state index in [1.807, 2.05) is 0 Å². The van der Waals surface area contributed by atoms with Gasteiger partial charge in [0, 0.05) is 12.5 Å². The van der Waals surface area contributed by atoms with Crippen molar-refractivity contribution in [2.45, 2.75) is 45.1 Å². The van der Waals surface area contributed by atoms with Crippen LogP contribution in [0.2, 0.25) is 0 Å². The van der Waals surface area contributed by atoms with E-state index in [1.54, 1.807) is 0 Å². The van der Waals surface area contributed by atoms with Crippen LogP contribution in [0.1, 0.15) is 36.8 Å². The first kappa shape index (κ1) is 13.9. The van der Waals surface area contributed by atoms with Gasteiger partial charge in [-0.25, -0.2) is 0 Å². The van der Waals surface area contributed by atoms with E-state index in [1.165, 1.54) is 36.8 Å². The van der Waals surface area contributed by atoms with Crippen LogP contribution in [0.3, 0.4) is 0 Å². The molecule has 1 aliphatic heterocycles. The average Bonchev–Trinajstić information content (AvgIpc) is 2.87. The molecule has 0 radical (unpaired) electrons. The van der Waals surface area contributed by atoms with Crippen LogP contribution in [0, 0.1) is 12.8 Å². The highest BCUT2D eigenvalue weighted by atomic mass is 35.5. The standard InChI is InChI=1S/C16H23ClO/c1-13-4-2-5-14(10-13)11-15(12-17)7-8-16-6-3-9-18-16/h2,4-5,10,15-16H,3,6-9,11-12H2,1H3. The zero-order chi connectivity index (χ0) is 12.8. The van der Waals surface area contributed by atoms with Gasteiger partial charge in [0.05, 0.1) is 6.10 Å². The molecule has 0 spiro atoms. The highest BCUT2D eigenvalue weighted by molar-refractivity contribution is 6.18. The number of rotatable bonds is 6. The summed E-state index contributed by atoms with van der Waals surface area (Å²) in [4.78, 5) is 0. The van der Waals surface area contributed by atoms with Crippen molar-refractivity contribution < 1.29 is 4.74 Å². The fraction of sp³-hybridized carbons (Fsp3) is 0.625. The third kappa shape index (κ3) is 4.29. The summed E-state index contributed by atoms with van der Waals surface area (Å²) < 4.78 is 5.67. The first-order valence-electron chi connectivity index (χ1n) is 7.01. The summed E-state index contributed by atoms with van der Waals surface area (Å²) in [5.74, 6) is 1.33. The minimum atomic E-state index is 0.494. The Hall–Kier alpha value is -0.530. The maximum absolute atomic E-state index is 6.10. The van der Waals surface area contributed by atoms with Gasteiger partial charge in [0.1, 0.15) is 0 Å². The van der Waals surface area contributed by atoms with Crippen molar-refractivity contribution in [3.8, 4) is 0 Å². The van der Waals surface area contributed by atoms with Gasteiger partial charge in [-0.05, 0) is 50.5 Å². The lowest BCUT2D eigenvalue weighted by atomic mass is 9.94. The van der Waals surface area contributed by atoms with E-state index in [4.69, 9.17) is 16.3 Å². The van der Waals surface area contributed by atoms with E-state index < -0.39 is 0 Å². The molecule has 1 saturated heterocycles.